The topological polar surface area (TPSA) is 61.4 Å². The Bertz CT molecular complexity index is 540. The van der Waals surface area contributed by atoms with Gasteiger partial charge in [0.15, 0.2) is 0 Å². The molecule has 20 heavy (non-hydrogen) atoms. The quantitative estimate of drug-likeness (QED) is 0.837. The molecule has 1 fully saturated rings. The highest BCUT2D eigenvalue weighted by atomic mass is 35.5. The summed E-state index contributed by atoms with van der Waals surface area (Å²) in [4.78, 5) is 25.0. The van der Waals surface area contributed by atoms with E-state index in [1.165, 1.54) is 4.90 Å². The zero-order valence-corrected chi connectivity index (χ0v) is 12.7. The average Bonchev–Trinajstić information content (AvgIpc) is 2.34. The lowest BCUT2D eigenvalue weighted by Gasteiger charge is -2.31. The molecule has 1 saturated heterocycles. The van der Waals surface area contributed by atoms with Crippen LogP contribution in [0.15, 0.2) is 12.1 Å². The predicted molar refractivity (Wildman–Crippen MR) is 79.4 cm³/mol. The first kappa shape index (κ1) is 14.9. The summed E-state index contributed by atoms with van der Waals surface area (Å²) in [5, 5.41) is 6.42. The smallest absolute Gasteiger partial charge is 0.322 e. The Labute approximate surface area is 127 Å². The van der Waals surface area contributed by atoms with Crippen molar-refractivity contribution in [1.82, 2.24) is 10.2 Å². The Balaban J connectivity index is 2.10. The molecule has 1 aromatic rings. The third-order valence-electron chi connectivity index (χ3n) is 3.06. The van der Waals surface area contributed by atoms with Crippen LogP contribution in [-0.4, -0.2) is 36.0 Å². The molecule has 1 heterocycles. The van der Waals surface area contributed by atoms with Crippen molar-refractivity contribution in [2.24, 2.45) is 0 Å². The maximum Gasteiger partial charge on any atom is 0.322 e. The lowest BCUT2D eigenvalue weighted by molar-refractivity contribution is -0.124. The predicted octanol–water partition coefficient (Wildman–Crippen LogP) is 2.65. The normalized spacial score (nSPS) is 18.7. The van der Waals surface area contributed by atoms with Crippen molar-refractivity contribution in [2.75, 3.05) is 18.4 Å². The number of amides is 3. The molecule has 0 bridgehead atoms. The number of halogens is 2. The van der Waals surface area contributed by atoms with E-state index in [-0.39, 0.29) is 24.5 Å². The van der Waals surface area contributed by atoms with Crippen LogP contribution in [0.25, 0.3) is 0 Å². The Morgan fingerprint density at radius 2 is 2.00 bits per heavy atom. The third kappa shape index (κ3) is 3.35. The van der Waals surface area contributed by atoms with E-state index >= 15 is 0 Å². The average molecular weight is 316 g/mol. The minimum Gasteiger partial charge on any atom is -0.350 e. The van der Waals surface area contributed by atoms with E-state index in [0.717, 1.165) is 5.56 Å². The van der Waals surface area contributed by atoms with Gasteiger partial charge in [0, 0.05) is 28.3 Å². The Morgan fingerprint density at radius 1 is 1.40 bits per heavy atom. The van der Waals surface area contributed by atoms with Gasteiger partial charge in [0.1, 0.15) is 6.54 Å². The van der Waals surface area contributed by atoms with Crippen LogP contribution in [0.4, 0.5) is 10.5 Å². The van der Waals surface area contributed by atoms with E-state index in [9.17, 15) is 9.59 Å². The minimum atomic E-state index is -0.345. The number of carbonyl (C=O) groups is 2. The molecule has 5 nitrogen and oxygen atoms in total. The second-order valence-electron chi connectivity index (χ2n) is 4.84. The van der Waals surface area contributed by atoms with Crippen molar-refractivity contribution < 1.29 is 9.59 Å². The van der Waals surface area contributed by atoms with Crippen molar-refractivity contribution in [3.63, 3.8) is 0 Å². The van der Waals surface area contributed by atoms with E-state index < -0.39 is 0 Å². The highest BCUT2D eigenvalue weighted by Crippen LogP contribution is 2.28. The second kappa shape index (κ2) is 5.89. The number of rotatable bonds is 1. The van der Waals surface area contributed by atoms with Gasteiger partial charge in [-0.1, -0.05) is 23.2 Å². The van der Waals surface area contributed by atoms with Crippen LogP contribution >= 0.6 is 23.2 Å². The molecule has 7 heteroatoms. The van der Waals surface area contributed by atoms with E-state index in [0.29, 0.717) is 22.3 Å². The van der Waals surface area contributed by atoms with Crippen molar-refractivity contribution in [2.45, 2.75) is 19.9 Å². The number of hydrogen-bond acceptors (Lipinski definition) is 2. The number of hydrogen-bond donors (Lipinski definition) is 2. The zero-order valence-electron chi connectivity index (χ0n) is 11.2. The summed E-state index contributed by atoms with van der Waals surface area (Å²) in [6, 6.07) is 2.86. The summed E-state index contributed by atoms with van der Waals surface area (Å²) in [5.41, 5.74) is 1.27. The summed E-state index contributed by atoms with van der Waals surface area (Å²) in [6.45, 7) is 4.15. The van der Waals surface area contributed by atoms with Gasteiger partial charge in [-0.25, -0.2) is 4.79 Å². The highest BCUT2D eigenvalue weighted by molar-refractivity contribution is 6.36. The maximum absolute atomic E-state index is 12.1. The maximum atomic E-state index is 12.1. The number of nitrogens with one attached hydrogen (secondary N) is 2. The molecule has 2 N–H and O–H groups in total. The first-order chi connectivity index (χ1) is 9.36. The molecule has 2 rings (SSSR count). The lowest BCUT2D eigenvalue weighted by Crippen LogP contribution is -2.55. The molecule has 1 unspecified atom stereocenters. The molecule has 1 aliphatic rings. The molecule has 0 aliphatic carbocycles. The number of nitrogens with zero attached hydrogens (tertiary/aromatic N) is 1. The molecule has 0 spiro atoms. The summed E-state index contributed by atoms with van der Waals surface area (Å²) in [7, 11) is 0. The Kier molecular flexibility index (Phi) is 4.40. The van der Waals surface area contributed by atoms with E-state index in [1.807, 2.05) is 6.92 Å². The van der Waals surface area contributed by atoms with E-state index in [2.05, 4.69) is 10.6 Å². The summed E-state index contributed by atoms with van der Waals surface area (Å²) in [5.74, 6) is -0.168. The number of anilines is 1. The van der Waals surface area contributed by atoms with E-state index in [4.69, 9.17) is 23.2 Å². The number of benzene rings is 1. The summed E-state index contributed by atoms with van der Waals surface area (Å²) < 4.78 is 0. The monoisotopic (exact) mass is 315 g/mol. The minimum absolute atomic E-state index is 0.0451. The molecular weight excluding hydrogens is 301 g/mol. The molecule has 0 saturated carbocycles. The highest BCUT2D eigenvalue weighted by Gasteiger charge is 2.25. The molecule has 108 valence electrons. The fourth-order valence-corrected chi connectivity index (χ4v) is 2.50. The van der Waals surface area contributed by atoms with Gasteiger partial charge in [0.2, 0.25) is 5.91 Å². The summed E-state index contributed by atoms with van der Waals surface area (Å²) in [6.07, 6.45) is 0. The number of carbonyl (C=O) groups excluding carboxylic acids is 2. The molecule has 1 aliphatic heterocycles. The molecule has 1 atom stereocenters. The first-order valence-corrected chi connectivity index (χ1v) is 6.93. The van der Waals surface area contributed by atoms with Crippen LogP contribution in [0.2, 0.25) is 10.0 Å². The van der Waals surface area contributed by atoms with Gasteiger partial charge in [-0.15, -0.1) is 0 Å². The third-order valence-corrected chi connectivity index (χ3v) is 3.84. The molecule has 0 radical (unpaired) electrons. The summed E-state index contributed by atoms with van der Waals surface area (Å²) >= 11 is 12.0. The van der Waals surface area contributed by atoms with Crippen LogP contribution in [0, 0.1) is 6.92 Å². The fourth-order valence-electron chi connectivity index (χ4n) is 2.01. The number of urea groups is 1. The first-order valence-electron chi connectivity index (χ1n) is 6.17. The fraction of sp³-hybridized carbons (Fsp3) is 0.385. The largest absolute Gasteiger partial charge is 0.350 e. The van der Waals surface area contributed by atoms with Crippen molar-refractivity contribution in [1.29, 1.82) is 0 Å². The molecule has 3 amide bonds. The van der Waals surface area contributed by atoms with Crippen LogP contribution in [0.5, 0.6) is 0 Å². The zero-order chi connectivity index (χ0) is 14.9. The number of piperazine rings is 1. The van der Waals surface area contributed by atoms with Crippen LogP contribution in [0.3, 0.4) is 0 Å². The van der Waals surface area contributed by atoms with Crippen LogP contribution in [-0.2, 0) is 4.79 Å². The molecule has 1 aromatic carbocycles. The van der Waals surface area contributed by atoms with Gasteiger partial charge >= 0.3 is 6.03 Å². The van der Waals surface area contributed by atoms with Gasteiger partial charge in [-0.2, -0.15) is 0 Å². The van der Waals surface area contributed by atoms with Gasteiger partial charge in [-0.3, -0.25) is 4.79 Å². The van der Waals surface area contributed by atoms with Gasteiger partial charge in [0.05, 0.1) is 0 Å². The van der Waals surface area contributed by atoms with Crippen LogP contribution < -0.4 is 10.6 Å². The van der Waals surface area contributed by atoms with Crippen molar-refractivity contribution in [3.05, 3.63) is 27.7 Å². The van der Waals surface area contributed by atoms with Crippen molar-refractivity contribution in [3.8, 4) is 0 Å². The molecular formula is C13H15Cl2N3O2. The van der Waals surface area contributed by atoms with E-state index in [1.54, 1.807) is 19.1 Å². The Hall–Kier alpha value is -1.46. The SMILES string of the molecule is Cc1c(Cl)cc(NC(=O)N2CC(=O)NC(C)C2)cc1Cl. The Morgan fingerprint density at radius 3 is 2.55 bits per heavy atom. The van der Waals surface area contributed by atoms with Gasteiger partial charge in [0.25, 0.3) is 0 Å². The standard InChI is InChI=1S/C13H15Cl2N3O2/c1-7-5-18(6-12(19)16-7)13(20)17-9-3-10(14)8(2)11(15)4-9/h3-4,7H,5-6H2,1-2H3,(H,16,19)(H,17,20). The van der Waals surface area contributed by atoms with Gasteiger partial charge < -0.3 is 15.5 Å². The second-order valence-corrected chi connectivity index (χ2v) is 5.66. The lowest BCUT2D eigenvalue weighted by atomic mass is 10.2. The molecule has 0 aromatic heterocycles. The van der Waals surface area contributed by atoms with Crippen molar-refractivity contribution >= 4 is 40.8 Å². The van der Waals surface area contributed by atoms with Crippen LogP contribution in [0.1, 0.15) is 12.5 Å². The van der Waals surface area contributed by atoms with Gasteiger partial charge in [-0.05, 0) is 31.5 Å².